The molecule has 92 valence electrons. The molecule has 1 aromatic carbocycles. The van der Waals surface area contributed by atoms with E-state index in [-0.39, 0.29) is 0 Å². The Labute approximate surface area is 107 Å². The molecule has 1 heterocycles. The zero-order valence-electron chi connectivity index (χ0n) is 10.2. The van der Waals surface area contributed by atoms with Crippen LogP contribution in [0.1, 0.15) is 12.0 Å². The molecule has 0 aliphatic carbocycles. The number of guanidine groups is 1. The SMILES string of the molecule is CSc1ccc(CCN=C(N)N2CCC2)cc1. The maximum absolute atomic E-state index is 5.86. The second kappa shape index (κ2) is 5.96. The molecule has 0 unspecified atom stereocenters. The molecule has 1 aromatic rings. The van der Waals surface area contributed by atoms with Gasteiger partial charge in [0, 0.05) is 24.5 Å². The fourth-order valence-electron chi connectivity index (χ4n) is 1.74. The lowest BCUT2D eigenvalue weighted by Gasteiger charge is -2.31. The summed E-state index contributed by atoms with van der Waals surface area (Å²) in [6.45, 7) is 2.91. The van der Waals surface area contributed by atoms with Crippen molar-refractivity contribution >= 4 is 17.7 Å². The Bertz CT molecular complexity index is 382. The molecular weight excluding hydrogens is 230 g/mol. The van der Waals surface area contributed by atoms with Gasteiger partial charge in [0.1, 0.15) is 0 Å². The second-order valence-corrected chi connectivity index (χ2v) is 5.06. The number of thioether (sulfide) groups is 1. The quantitative estimate of drug-likeness (QED) is 0.504. The smallest absolute Gasteiger partial charge is 0.191 e. The van der Waals surface area contributed by atoms with Crippen LogP contribution in [-0.4, -0.2) is 36.7 Å². The normalized spacial score (nSPS) is 15.8. The highest BCUT2D eigenvalue weighted by Crippen LogP contribution is 2.15. The first-order valence-electron chi connectivity index (χ1n) is 5.97. The van der Waals surface area contributed by atoms with Gasteiger partial charge < -0.3 is 10.6 Å². The molecular formula is C13H19N3S. The van der Waals surface area contributed by atoms with Gasteiger partial charge in [-0.05, 0) is 36.8 Å². The Morgan fingerprint density at radius 2 is 2.06 bits per heavy atom. The van der Waals surface area contributed by atoms with Crippen LogP contribution >= 0.6 is 11.8 Å². The van der Waals surface area contributed by atoms with Gasteiger partial charge in [-0.15, -0.1) is 11.8 Å². The molecule has 0 radical (unpaired) electrons. The zero-order chi connectivity index (χ0) is 12.1. The molecule has 0 atom stereocenters. The molecule has 0 spiro atoms. The zero-order valence-corrected chi connectivity index (χ0v) is 11.0. The van der Waals surface area contributed by atoms with Crippen molar-refractivity contribution in [2.75, 3.05) is 25.9 Å². The average Bonchev–Trinajstić information content (AvgIpc) is 2.27. The van der Waals surface area contributed by atoms with E-state index in [0.29, 0.717) is 5.96 Å². The molecule has 1 saturated heterocycles. The molecule has 0 aromatic heterocycles. The predicted octanol–water partition coefficient (Wildman–Crippen LogP) is 1.97. The minimum absolute atomic E-state index is 0.706. The van der Waals surface area contributed by atoms with E-state index in [4.69, 9.17) is 5.73 Å². The van der Waals surface area contributed by atoms with Gasteiger partial charge in [0.25, 0.3) is 0 Å². The number of hydrogen-bond acceptors (Lipinski definition) is 2. The van der Waals surface area contributed by atoms with Crippen LogP contribution in [0.4, 0.5) is 0 Å². The number of rotatable bonds is 4. The maximum atomic E-state index is 5.86. The Hall–Kier alpha value is -1.16. The molecule has 0 saturated carbocycles. The van der Waals surface area contributed by atoms with E-state index in [0.717, 1.165) is 26.1 Å². The van der Waals surface area contributed by atoms with Crippen molar-refractivity contribution in [2.24, 2.45) is 10.7 Å². The lowest BCUT2D eigenvalue weighted by Crippen LogP contribution is -2.46. The minimum atomic E-state index is 0.706. The van der Waals surface area contributed by atoms with Crippen molar-refractivity contribution in [1.29, 1.82) is 0 Å². The van der Waals surface area contributed by atoms with Crippen molar-refractivity contribution in [2.45, 2.75) is 17.7 Å². The van der Waals surface area contributed by atoms with Crippen LogP contribution in [0.3, 0.4) is 0 Å². The van der Waals surface area contributed by atoms with E-state index < -0.39 is 0 Å². The van der Waals surface area contributed by atoms with Gasteiger partial charge in [-0.25, -0.2) is 0 Å². The first-order chi connectivity index (χ1) is 8.29. The standard InChI is InChI=1S/C13H19N3S/c1-17-12-5-3-11(4-6-12)7-8-15-13(14)16-9-2-10-16/h3-6H,2,7-10H2,1H3,(H2,14,15). The number of nitrogens with two attached hydrogens (primary N) is 1. The van der Waals surface area contributed by atoms with Crippen molar-refractivity contribution in [3.05, 3.63) is 29.8 Å². The number of likely N-dealkylation sites (tertiary alicyclic amines) is 1. The Kier molecular flexibility index (Phi) is 4.31. The van der Waals surface area contributed by atoms with E-state index in [1.807, 2.05) is 0 Å². The van der Waals surface area contributed by atoms with Gasteiger partial charge in [-0.3, -0.25) is 4.99 Å². The van der Waals surface area contributed by atoms with Crippen molar-refractivity contribution in [3.8, 4) is 0 Å². The number of nitrogens with zero attached hydrogens (tertiary/aromatic N) is 2. The molecule has 2 N–H and O–H groups in total. The molecule has 1 fully saturated rings. The molecule has 2 rings (SSSR count). The Morgan fingerprint density at radius 1 is 1.35 bits per heavy atom. The molecule has 3 nitrogen and oxygen atoms in total. The van der Waals surface area contributed by atoms with Crippen LogP contribution in [0.15, 0.2) is 34.2 Å². The van der Waals surface area contributed by atoms with Gasteiger partial charge in [-0.1, -0.05) is 12.1 Å². The summed E-state index contributed by atoms with van der Waals surface area (Å²) in [6.07, 6.45) is 4.29. The molecule has 1 aliphatic heterocycles. The summed E-state index contributed by atoms with van der Waals surface area (Å²) in [5, 5.41) is 0. The third-order valence-corrected chi connectivity index (χ3v) is 3.76. The number of benzene rings is 1. The molecule has 1 aliphatic rings. The van der Waals surface area contributed by atoms with Gasteiger partial charge in [0.05, 0.1) is 0 Å². The number of aliphatic imine (C=N–C) groups is 1. The first-order valence-corrected chi connectivity index (χ1v) is 7.20. The van der Waals surface area contributed by atoms with Crippen LogP contribution < -0.4 is 5.73 Å². The lowest BCUT2D eigenvalue weighted by molar-refractivity contribution is 0.296. The summed E-state index contributed by atoms with van der Waals surface area (Å²) < 4.78 is 0. The Balaban J connectivity index is 1.80. The van der Waals surface area contributed by atoms with Crippen LogP contribution in [-0.2, 0) is 6.42 Å². The van der Waals surface area contributed by atoms with E-state index in [1.54, 1.807) is 11.8 Å². The largest absolute Gasteiger partial charge is 0.370 e. The minimum Gasteiger partial charge on any atom is -0.370 e. The highest BCUT2D eigenvalue weighted by molar-refractivity contribution is 7.98. The van der Waals surface area contributed by atoms with Crippen LogP contribution in [0.5, 0.6) is 0 Å². The molecule has 0 bridgehead atoms. The molecule has 17 heavy (non-hydrogen) atoms. The van der Waals surface area contributed by atoms with E-state index in [9.17, 15) is 0 Å². The maximum Gasteiger partial charge on any atom is 0.191 e. The third-order valence-electron chi connectivity index (χ3n) is 3.01. The predicted molar refractivity (Wildman–Crippen MR) is 74.6 cm³/mol. The van der Waals surface area contributed by atoms with Crippen LogP contribution in [0, 0.1) is 0 Å². The summed E-state index contributed by atoms with van der Waals surface area (Å²) in [7, 11) is 0. The highest BCUT2D eigenvalue weighted by atomic mass is 32.2. The first kappa shape index (κ1) is 12.3. The highest BCUT2D eigenvalue weighted by Gasteiger charge is 2.14. The summed E-state index contributed by atoms with van der Waals surface area (Å²) in [5.41, 5.74) is 7.18. The van der Waals surface area contributed by atoms with Crippen molar-refractivity contribution in [1.82, 2.24) is 4.90 Å². The van der Waals surface area contributed by atoms with E-state index >= 15 is 0 Å². The summed E-state index contributed by atoms with van der Waals surface area (Å²) >= 11 is 1.77. The van der Waals surface area contributed by atoms with Gasteiger partial charge >= 0.3 is 0 Å². The van der Waals surface area contributed by atoms with E-state index in [2.05, 4.69) is 40.4 Å². The van der Waals surface area contributed by atoms with E-state index in [1.165, 1.54) is 16.9 Å². The Morgan fingerprint density at radius 3 is 2.59 bits per heavy atom. The van der Waals surface area contributed by atoms with Crippen LogP contribution in [0.25, 0.3) is 0 Å². The fraction of sp³-hybridized carbons (Fsp3) is 0.462. The van der Waals surface area contributed by atoms with Crippen LogP contribution in [0.2, 0.25) is 0 Å². The fourth-order valence-corrected chi connectivity index (χ4v) is 2.15. The van der Waals surface area contributed by atoms with Crippen molar-refractivity contribution in [3.63, 3.8) is 0 Å². The van der Waals surface area contributed by atoms with Gasteiger partial charge in [-0.2, -0.15) is 0 Å². The lowest BCUT2D eigenvalue weighted by atomic mass is 10.1. The van der Waals surface area contributed by atoms with Gasteiger partial charge in [0.2, 0.25) is 0 Å². The number of hydrogen-bond donors (Lipinski definition) is 1. The molecule has 0 amide bonds. The summed E-state index contributed by atoms with van der Waals surface area (Å²) in [4.78, 5) is 7.82. The summed E-state index contributed by atoms with van der Waals surface area (Å²) in [5.74, 6) is 0.706. The topological polar surface area (TPSA) is 41.6 Å². The molecule has 4 heteroatoms. The summed E-state index contributed by atoms with van der Waals surface area (Å²) in [6, 6.07) is 8.65. The third kappa shape index (κ3) is 3.40. The average molecular weight is 249 g/mol. The monoisotopic (exact) mass is 249 g/mol. The van der Waals surface area contributed by atoms with Crippen molar-refractivity contribution < 1.29 is 0 Å². The second-order valence-electron chi connectivity index (χ2n) is 4.18. The van der Waals surface area contributed by atoms with Gasteiger partial charge in [0.15, 0.2) is 5.96 Å².